The second-order valence-electron chi connectivity index (χ2n) is 4.41. The SMILES string of the molecule is Cc1cc(F)cc(N2CC(S(N)(=O)=O)CC2=O)c1. The molecule has 1 aromatic rings. The Morgan fingerprint density at radius 3 is 2.56 bits per heavy atom. The van der Waals surface area contributed by atoms with Gasteiger partial charge in [-0.05, 0) is 30.7 Å². The number of hydrogen-bond acceptors (Lipinski definition) is 3. The fraction of sp³-hybridized carbons (Fsp3) is 0.364. The van der Waals surface area contributed by atoms with Crippen LogP contribution in [0.2, 0.25) is 0 Å². The molecule has 1 fully saturated rings. The van der Waals surface area contributed by atoms with E-state index in [9.17, 15) is 17.6 Å². The average Bonchev–Trinajstić information content (AvgIpc) is 2.58. The topological polar surface area (TPSA) is 80.5 Å². The Hall–Kier alpha value is -1.47. The van der Waals surface area contributed by atoms with E-state index in [0.717, 1.165) is 0 Å². The van der Waals surface area contributed by atoms with Crippen LogP contribution in [0.3, 0.4) is 0 Å². The van der Waals surface area contributed by atoms with Gasteiger partial charge in [-0.3, -0.25) is 4.79 Å². The lowest BCUT2D eigenvalue weighted by Crippen LogP contribution is -2.32. The van der Waals surface area contributed by atoms with E-state index < -0.39 is 21.1 Å². The van der Waals surface area contributed by atoms with Gasteiger partial charge in [-0.25, -0.2) is 17.9 Å². The molecule has 1 heterocycles. The molecule has 5 nitrogen and oxygen atoms in total. The van der Waals surface area contributed by atoms with Gasteiger partial charge in [0.05, 0.1) is 0 Å². The molecular weight excluding hydrogens is 259 g/mol. The number of benzene rings is 1. The van der Waals surface area contributed by atoms with Crippen LogP contribution in [0.15, 0.2) is 18.2 Å². The lowest BCUT2D eigenvalue weighted by molar-refractivity contribution is -0.117. The smallest absolute Gasteiger partial charge is 0.228 e. The minimum atomic E-state index is -3.75. The molecule has 0 bridgehead atoms. The summed E-state index contributed by atoms with van der Waals surface area (Å²) >= 11 is 0. The van der Waals surface area contributed by atoms with Crippen LogP contribution in [0.25, 0.3) is 0 Å². The summed E-state index contributed by atoms with van der Waals surface area (Å²) in [5.74, 6) is -0.823. The number of carbonyl (C=O) groups excluding carboxylic acids is 1. The molecule has 1 unspecified atom stereocenters. The quantitative estimate of drug-likeness (QED) is 0.852. The van der Waals surface area contributed by atoms with Gasteiger partial charge in [0.15, 0.2) is 0 Å². The van der Waals surface area contributed by atoms with Gasteiger partial charge in [-0.2, -0.15) is 0 Å². The lowest BCUT2D eigenvalue weighted by Gasteiger charge is -2.17. The highest BCUT2D eigenvalue weighted by Crippen LogP contribution is 2.25. The van der Waals surface area contributed by atoms with Crippen LogP contribution in [0.1, 0.15) is 12.0 Å². The minimum absolute atomic E-state index is 0.0272. The van der Waals surface area contributed by atoms with Crippen LogP contribution < -0.4 is 10.0 Å². The standard InChI is InChI=1S/C11H13FN2O3S/c1-7-2-8(12)4-9(3-7)14-6-10(5-11(14)15)18(13,16)17/h2-4,10H,5-6H2,1H3,(H2,13,16,17). The monoisotopic (exact) mass is 272 g/mol. The summed E-state index contributed by atoms with van der Waals surface area (Å²) in [5, 5.41) is 4.10. The van der Waals surface area contributed by atoms with Gasteiger partial charge in [0.2, 0.25) is 15.9 Å². The first-order chi connectivity index (χ1) is 8.27. The van der Waals surface area contributed by atoms with Gasteiger partial charge in [-0.15, -0.1) is 0 Å². The van der Waals surface area contributed by atoms with E-state index in [1.54, 1.807) is 13.0 Å². The number of primary sulfonamides is 1. The Morgan fingerprint density at radius 1 is 1.39 bits per heavy atom. The summed E-state index contributed by atoms with van der Waals surface area (Å²) in [4.78, 5) is 13.0. The van der Waals surface area contributed by atoms with Crippen molar-refractivity contribution in [2.45, 2.75) is 18.6 Å². The van der Waals surface area contributed by atoms with E-state index >= 15 is 0 Å². The van der Waals surface area contributed by atoms with Gasteiger partial charge in [0.25, 0.3) is 0 Å². The van der Waals surface area contributed by atoms with Crippen molar-refractivity contribution >= 4 is 21.6 Å². The molecule has 98 valence electrons. The summed E-state index contributed by atoms with van der Waals surface area (Å²) in [6.07, 6.45) is -0.158. The molecule has 0 saturated carbocycles. The van der Waals surface area contributed by atoms with E-state index in [0.29, 0.717) is 11.3 Å². The molecule has 7 heteroatoms. The molecular formula is C11H13FN2O3S. The molecule has 1 aromatic carbocycles. The van der Waals surface area contributed by atoms with E-state index in [2.05, 4.69) is 0 Å². The van der Waals surface area contributed by atoms with Crippen molar-refractivity contribution in [3.63, 3.8) is 0 Å². The van der Waals surface area contributed by atoms with Gasteiger partial charge in [-0.1, -0.05) is 0 Å². The van der Waals surface area contributed by atoms with Crippen LogP contribution >= 0.6 is 0 Å². The number of aryl methyl sites for hydroxylation is 1. The van der Waals surface area contributed by atoms with Crippen molar-refractivity contribution in [1.82, 2.24) is 0 Å². The first kappa shape index (κ1) is 13.0. The van der Waals surface area contributed by atoms with Crippen LogP contribution in [0.4, 0.5) is 10.1 Å². The highest BCUT2D eigenvalue weighted by Gasteiger charge is 2.37. The summed E-state index contributed by atoms with van der Waals surface area (Å²) in [5.41, 5.74) is 1.03. The number of anilines is 1. The third-order valence-electron chi connectivity index (χ3n) is 2.89. The average molecular weight is 272 g/mol. The van der Waals surface area contributed by atoms with Crippen molar-refractivity contribution < 1.29 is 17.6 Å². The third-order valence-corrected chi connectivity index (χ3v) is 4.14. The molecule has 1 aliphatic heterocycles. The Bertz CT molecular complexity index is 580. The number of rotatable bonds is 2. The van der Waals surface area contributed by atoms with Crippen molar-refractivity contribution in [2.75, 3.05) is 11.4 Å². The molecule has 2 rings (SSSR count). The number of nitrogens with two attached hydrogens (primary N) is 1. The molecule has 1 atom stereocenters. The zero-order chi connectivity index (χ0) is 13.5. The molecule has 2 N–H and O–H groups in total. The van der Waals surface area contributed by atoms with E-state index in [-0.39, 0.29) is 18.9 Å². The van der Waals surface area contributed by atoms with Crippen LogP contribution in [0.5, 0.6) is 0 Å². The second-order valence-corrected chi connectivity index (χ2v) is 6.25. The van der Waals surface area contributed by atoms with Gasteiger partial charge in [0.1, 0.15) is 11.1 Å². The molecule has 0 radical (unpaired) electrons. The fourth-order valence-corrected chi connectivity index (χ4v) is 2.75. The molecule has 0 spiro atoms. The zero-order valence-corrected chi connectivity index (χ0v) is 10.6. The maximum atomic E-state index is 13.3. The number of amides is 1. The summed E-state index contributed by atoms with van der Waals surface area (Å²) < 4.78 is 35.7. The number of sulfonamides is 1. The second kappa shape index (κ2) is 4.33. The minimum Gasteiger partial charge on any atom is -0.311 e. The highest BCUT2D eigenvalue weighted by molar-refractivity contribution is 7.89. The Kier molecular flexibility index (Phi) is 3.12. The van der Waals surface area contributed by atoms with Crippen molar-refractivity contribution in [3.8, 4) is 0 Å². The first-order valence-electron chi connectivity index (χ1n) is 5.36. The molecule has 1 amide bonds. The zero-order valence-electron chi connectivity index (χ0n) is 9.76. The van der Waals surface area contributed by atoms with Gasteiger partial charge < -0.3 is 4.90 Å². The summed E-state index contributed by atoms with van der Waals surface area (Å²) in [6, 6.07) is 4.17. The maximum Gasteiger partial charge on any atom is 0.228 e. The number of hydrogen-bond donors (Lipinski definition) is 1. The number of halogens is 1. The van der Waals surface area contributed by atoms with E-state index in [1.165, 1.54) is 17.0 Å². The van der Waals surface area contributed by atoms with Crippen LogP contribution in [0, 0.1) is 12.7 Å². The largest absolute Gasteiger partial charge is 0.311 e. The van der Waals surface area contributed by atoms with Crippen LogP contribution in [-0.4, -0.2) is 26.1 Å². The number of carbonyl (C=O) groups is 1. The van der Waals surface area contributed by atoms with E-state index in [4.69, 9.17) is 5.14 Å². The molecule has 0 aliphatic carbocycles. The normalized spacial score (nSPS) is 20.5. The Labute approximate surface area is 104 Å². The third kappa shape index (κ3) is 2.51. The molecule has 1 aliphatic rings. The molecule has 18 heavy (non-hydrogen) atoms. The Balaban J connectivity index is 2.32. The number of nitrogens with zero attached hydrogens (tertiary/aromatic N) is 1. The maximum absolute atomic E-state index is 13.3. The highest BCUT2D eigenvalue weighted by atomic mass is 32.2. The molecule has 0 aromatic heterocycles. The molecule has 1 saturated heterocycles. The lowest BCUT2D eigenvalue weighted by atomic mass is 10.2. The predicted octanol–water partition coefficient (Wildman–Crippen LogP) is 0.528. The van der Waals surface area contributed by atoms with Crippen molar-refractivity contribution in [3.05, 3.63) is 29.6 Å². The summed E-state index contributed by atoms with van der Waals surface area (Å²) in [6.45, 7) is 1.67. The Morgan fingerprint density at radius 2 is 2.06 bits per heavy atom. The first-order valence-corrected chi connectivity index (χ1v) is 6.97. The fourth-order valence-electron chi connectivity index (χ4n) is 2.02. The predicted molar refractivity (Wildman–Crippen MR) is 65.0 cm³/mol. The van der Waals surface area contributed by atoms with Crippen molar-refractivity contribution in [2.24, 2.45) is 5.14 Å². The summed E-state index contributed by atoms with van der Waals surface area (Å²) in [7, 11) is -3.75. The van der Waals surface area contributed by atoms with Gasteiger partial charge in [0, 0.05) is 18.7 Å². The van der Waals surface area contributed by atoms with Crippen molar-refractivity contribution in [1.29, 1.82) is 0 Å². The van der Waals surface area contributed by atoms with Gasteiger partial charge >= 0.3 is 0 Å². The van der Waals surface area contributed by atoms with E-state index in [1.807, 2.05) is 0 Å². The van der Waals surface area contributed by atoms with Crippen LogP contribution in [-0.2, 0) is 14.8 Å².